The summed E-state index contributed by atoms with van der Waals surface area (Å²) in [6.45, 7) is 6.21. The monoisotopic (exact) mass is 255 g/mol. The first kappa shape index (κ1) is 15.0. The fourth-order valence-electron chi connectivity index (χ4n) is 2.43. The van der Waals surface area contributed by atoms with Crippen molar-refractivity contribution in [1.82, 2.24) is 10.6 Å². The minimum Gasteiger partial charge on any atom is -0.355 e. The van der Waals surface area contributed by atoms with Gasteiger partial charge in [-0.15, -0.1) is 0 Å². The molecule has 0 bridgehead atoms. The lowest BCUT2D eigenvalue weighted by molar-refractivity contribution is -0.132. The second-order valence-electron chi connectivity index (χ2n) is 5.28. The number of likely N-dealkylation sites (N-methyl/N-ethyl adjacent to an activating group) is 1. The highest BCUT2D eigenvalue weighted by Gasteiger charge is 2.32. The highest BCUT2D eigenvalue weighted by Crippen LogP contribution is 2.29. The van der Waals surface area contributed by atoms with Crippen LogP contribution >= 0.6 is 0 Å². The molecule has 0 saturated heterocycles. The average molecular weight is 255 g/mol. The van der Waals surface area contributed by atoms with Crippen molar-refractivity contribution in [3.05, 3.63) is 0 Å². The molecule has 5 nitrogen and oxygen atoms in total. The van der Waals surface area contributed by atoms with Crippen LogP contribution in [-0.2, 0) is 9.59 Å². The topological polar surface area (TPSA) is 84.2 Å². The number of hydrogen-bond donors (Lipinski definition) is 3. The van der Waals surface area contributed by atoms with Crippen molar-refractivity contribution in [2.75, 3.05) is 6.54 Å². The summed E-state index contributed by atoms with van der Waals surface area (Å²) < 4.78 is 0. The van der Waals surface area contributed by atoms with Crippen molar-refractivity contribution in [2.24, 2.45) is 17.6 Å². The molecule has 0 radical (unpaired) electrons. The third-order valence-corrected chi connectivity index (χ3v) is 3.68. The van der Waals surface area contributed by atoms with E-state index in [0.29, 0.717) is 12.5 Å². The summed E-state index contributed by atoms with van der Waals surface area (Å²) in [6.07, 6.45) is 2.68. The van der Waals surface area contributed by atoms with Gasteiger partial charge in [-0.25, -0.2) is 0 Å². The summed E-state index contributed by atoms with van der Waals surface area (Å²) in [5.41, 5.74) is 5.90. The van der Waals surface area contributed by atoms with Gasteiger partial charge in [-0.3, -0.25) is 9.59 Å². The van der Waals surface area contributed by atoms with E-state index in [1.807, 2.05) is 6.92 Å². The van der Waals surface area contributed by atoms with Crippen molar-refractivity contribution in [2.45, 2.75) is 52.1 Å². The Morgan fingerprint density at radius 3 is 2.67 bits per heavy atom. The Kier molecular flexibility index (Phi) is 5.59. The predicted molar refractivity (Wildman–Crippen MR) is 70.8 cm³/mol. The SMILES string of the molecule is CCNC(=O)C(C)NC(=O)C1CC(N)CCC1C. The van der Waals surface area contributed by atoms with E-state index >= 15 is 0 Å². The standard InChI is InChI=1S/C13H25N3O2/c1-4-15-12(17)9(3)16-13(18)11-7-10(14)6-5-8(11)2/h8-11H,4-7,14H2,1-3H3,(H,15,17)(H,16,18). The van der Waals surface area contributed by atoms with E-state index < -0.39 is 6.04 Å². The van der Waals surface area contributed by atoms with Crippen LogP contribution in [0.2, 0.25) is 0 Å². The van der Waals surface area contributed by atoms with Crippen LogP contribution in [0.25, 0.3) is 0 Å². The molecule has 18 heavy (non-hydrogen) atoms. The maximum atomic E-state index is 12.1. The molecule has 1 saturated carbocycles. The van der Waals surface area contributed by atoms with Crippen molar-refractivity contribution in [1.29, 1.82) is 0 Å². The van der Waals surface area contributed by atoms with Crippen molar-refractivity contribution in [3.63, 3.8) is 0 Å². The second-order valence-corrected chi connectivity index (χ2v) is 5.28. The summed E-state index contributed by atoms with van der Waals surface area (Å²) in [4.78, 5) is 23.7. The first-order valence-electron chi connectivity index (χ1n) is 6.79. The molecule has 1 aliphatic rings. The van der Waals surface area contributed by atoms with Crippen LogP contribution in [0.1, 0.15) is 40.0 Å². The molecule has 0 aromatic rings. The van der Waals surface area contributed by atoms with Gasteiger partial charge in [-0.05, 0) is 39.0 Å². The van der Waals surface area contributed by atoms with Gasteiger partial charge in [0.05, 0.1) is 0 Å². The molecular formula is C13H25N3O2. The van der Waals surface area contributed by atoms with E-state index in [1.165, 1.54) is 0 Å². The number of nitrogens with two attached hydrogens (primary N) is 1. The lowest BCUT2D eigenvalue weighted by atomic mass is 9.77. The minimum atomic E-state index is -0.484. The van der Waals surface area contributed by atoms with Gasteiger partial charge in [0.15, 0.2) is 0 Å². The molecule has 0 heterocycles. The summed E-state index contributed by atoms with van der Waals surface area (Å²) >= 11 is 0. The fourth-order valence-corrected chi connectivity index (χ4v) is 2.43. The summed E-state index contributed by atoms with van der Waals surface area (Å²) in [5.74, 6) is 0.0897. The number of hydrogen-bond acceptors (Lipinski definition) is 3. The molecule has 5 heteroatoms. The summed E-state index contributed by atoms with van der Waals surface area (Å²) in [6, 6.07) is -0.375. The van der Waals surface area contributed by atoms with Crippen molar-refractivity contribution >= 4 is 11.8 Å². The molecule has 4 atom stereocenters. The number of carbonyl (C=O) groups is 2. The van der Waals surface area contributed by atoms with Gasteiger partial charge in [-0.2, -0.15) is 0 Å². The molecule has 1 aliphatic carbocycles. The minimum absolute atomic E-state index is 0.0450. The fraction of sp³-hybridized carbons (Fsp3) is 0.846. The normalized spacial score (nSPS) is 29.4. The van der Waals surface area contributed by atoms with Gasteiger partial charge in [0.1, 0.15) is 6.04 Å². The van der Waals surface area contributed by atoms with Gasteiger partial charge in [0.2, 0.25) is 11.8 Å². The molecule has 0 aromatic carbocycles. The zero-order valence-electron chi connectivity index (χ0n) is 11.5. The summed E-state index contributed by atoms with van der Waals surface area (Å²) in [7, 11) is 0. The molecule has 0 aromatic heterocycles. The number of nitrogens with one attached hydrogen (secondary N) is 2. The van der Waals surface area contributed by atoms with Crippen molar-refractivity contribution < 1.29 is 9.59 Å². The smallest absolute Gasteiger partial charge is 0.242 e. The van der Waals surface area contributed by atoms with Gasteiger partial charge in [0.25, 0.3) is 0 Å². The number of carbonyl (C=O) groups excluding carboxylic acids is 2. The Hall–Kier alpha value is -1.10. The zero-order chi connectivity index (χ0) is 13.7. The molecule has 0 aliphatic heterocycles. The van der Waals surface area contributed by atoms with Crippen molar-refractivity contribution in [3.8, 4) is 0 Å². The van der Waals surface area contributed by atoms with Gasteiger partial charge in [-0.1, -0.05) is 6.92 Å². The van der Waals surface area contributed by atoms with Crippen LogP contribution in [-0.4, -0.2) is 30.4 Å². The van der Waals surface area contributed by atoms with Gasteiger partial charge >= 0.3 is 0 Å². The third-order valence-electron chi connectivity index (χ3n) is 3.68. The van der Waals surface area contributed by atoms with Crippen LogP contribution < -0.4 is 16.4 Å². The second kappa shape index (κ2) is 6.73. The molecular weight excluding hydrogens is 230 g/mol. The van der Waals surface area contributed by atoms with E-state index in [1.54, 1.807) is 6.92 Å². The average Bonchev–Trinajstić information content (AvgIpc) is 2.32. The highest BCUT2D eigenvalue weighted by atomic mass is 16.2. The molecule has 2 amide bonds. The van der Waals surface area contributed by atoms with Gasteiger partial charge in [0, 0.05) is 18.5 Å². The molecule has 1 rings (SSSR count). The Morgan fingerprint density at radius 2 is 2.06 bits per heavy atom. The van der Waals surface area contributed by atoms with Crippen LogP contribution in [0, 0.1) is 11.8 Å². The van der Waals surface area contributed by atoms with Gasteiger partial charge < -0.3 is 16.4 Å². The van der Waals surface area contributed by atoms with E-state index in [9.17, 15) is 9.59 Å². The summed E-state index contributed by atoms with van der Waals surface area (Å²) in [5, 5.41) is 5.47. The zero-order valence-corrected chi connectivity index (χ0v) is 11.5. The van der Waals surface area contributed by atoms with E-state index in [2.05, 4.69) is 17.6 Å². The molecule has 104 valence electrons. The Bertz CT molecular complexity index is 307. The maximum absolute atomic E-state index is 12.1. The third kappa shape index (κ3) is 3.98. The van der Waals surface area contributed by atoms with E-state index in [-0.39, 0.29) is 23.8 Å². The van der Waals surface area contributed by atoms with Crippen LogP contribution in [0.5, 0.6) is 0 Å². The first-order chi connectivity index (χ1) is 8.45. The van der Waals surface area contributed by atoms with Crippen LogP contribution in [0.4, 0.5) is 0 Å². The van der Waals surface area contributed by atoms with Crippen LogP contribution in [0.3, 0.4) is 0 Å². The number of rotatable bonds is 4. The van der Waals surface area contributed by atoms with E-state index in [0.717, 1.165) is 19.3 Å². The largest absolute Gasteiger partial charge is 0.355 e. The maximum Gasteiger partial charge on any atom is 0.242 e. The Morgan fingerprint density at radius 1 is 1.39 bits per heavy atom. The highest BCUT2D eigenvalue weighted by molar-refractivity contribution is 5.88. The Labute approximate surface area is 109 Å². The molecule has 1 fully saturated rings. The lowest BCUT2D eigenvalue weighted by Crippen LogP contribution is -2.49. The number of amides is 2. The quantitative estimate of drug-likeness (QED) is 0.679. The molecule has 0 spiro atoms. The first-order valence-corrected chi connectivity index (χ1v) is 6.79. The molecule has 4 unspecified atom stereocenters. The Balaban J connectivity index is 2.50. The van der Waals surface area contributed by atoms with E-state index in [4.69, 9.17) is 5.73 Å². The lowest BCUT2D eigenvalue weighted by Gasteiger charge is -2.32. The van der Waals surface area contributed by atoms with Crippen LogP contribution in [0.15, 0.2) is 0 Å². The predicted octanol–water partition coefficient (Wildman–Crippen LogP) is 0.391. The molecule has 4 N–H and O–H groups in total.